The van der Waals surface area contributed by atoms with Crippen molar-refractivity contribution in [2.45, 2.75) is 18.9 Å². The van der Waals surface area contributed by atoms with Gasteiger partial charge in [-0.25, -0.2) is 4.52 Å². The van der Waals surface area contributed by atoms with Gasteiger partial charge in [-0.3, -0.25) is 9.59 Å². The molecule has 2 amide bonds. The molecule has 0 aromatic carbocycles. The molecule has 3 N–H and O–H groups in total. The predicted molar refractivity (Wildman–Crippen MR) is 90.2 cm³/mol. The number of likely N-dealkylation sites (tertiary alicyclic amines) is 1. The van der Waals surface area contributed by atoms with Crippen LogP contribution in [0.25, 0.3) is 5.52 Å². The molecule has 124 valence electrons. The number of anilines is 1. The molecule has 0 aliphatic carbocycles. The van der Waals surface area contributed by atoms with Crippen LogP contribution in [-0.4, -0.2) is 45.5 Å². The van der Waals surface area contributed by atoms with Gasteiger partial charge in [-0.2, -0.15) is 10.4 Å². The molecule has 1 aliphatic heterocycles. The summed E-state index contributed by atoms with van der Waals surface area (Å²) in [5.41, 5.74) is 7.08. The van der Waals surface area contributed by atoms with E-state index in [9.17, 15) is 9.59 Å². The highest BCUT2D eigenvalue weighted by atomic mass is 79.9. The summed E-state index contributed by atoms with van der Waals surface area (Å²) in [4.78, 5) is 25.2. The SMILES string of the molecule is N#CCC(=O)N1CC[C@H](Nc2c(C(N)=O)cnn3cc(Br)cc23)C1. The van der Waals surface area contributed by atoms with E-state index in [2.05, 4.69) is 26.3 Å². The van der Waals surface area contributed by atoms with Crippen molar-refractivity contribution in [2.75, 3.05) is 18.4 Å². The van der Waals surface area contributed by atoms with Crippen LogP contribution in [0.5, 0.6) is 0 Å². The number of nitrogens with two attached hydrogens (primary N) is 1. The molecular formula is C15H15BrN6O2. The van der Waals surface area contributed by atoms with Crippen LogP contribution in [0, 0.1) is 11.3 Å². The number of hydrogen-bond acceptors (Lipinski definition) is 5. The maximum absolute atomic E-state index is 11.8. The lowest BCUT2D eigenvalue weighted by Gasteiger charge is -2.18. The van der Waals surface area contributed by atoms with Crippen LogP contribution in [-0.2, 0) is 4.79 Å². The van der Waals surface area contributed by atoms with E-state index in [-0.39, 0.29) is 18.4 Å². The summed E-state index contributed by atoms with van der Waals surface area (Å²) in [6.07, 6.45) is 3.82. The number of rotatable bonds is 4. The van der Waals surface area contributed by atoms with Gasteiger partial charge in [0, 0.05) is 29.8 Å². The van der Waals surface area contributed by atoms with Gasteiger partial charge in [-0.1, -0.05) is 0 Å². The highest BCUT2D eigenvalue weighted by Crippen LogP contribution is 2.27. The molecule has 0 radical (unpaired) electrons. The molecule has 2 aromatic rings. The summed E-state index contributed by atoms with van der Waals surface area (Å²) >= 11 is 3.39. The lowest BCUT2D eigenvalue weighted by atomic mass is 10.1. The topological polar surface area (TPSA) is 117 Å². The van der Waals surface area contributed by atoms with Gasteiger partial charge < -0.3 is 16.0 Å². The molecule has 9 heteroatoms. The van der Waals surface area contributed by atoms with E-state index in [4.69, 9.17) is 11.0 Å². The third kappa shape index (κ3) is 3.05. The summed E-state index contributed by atoms with van der Waals surface area (Å²) < 4.78 is 2.48. The number of halogens is 1. The van der Waals surface area contributed by atoms with Crippen LogP contribution in [0.4, 0.5) is 5.69 Å². The number of nitriles is 1. The minimum Gasteiger partial charge on any atom is -0.378 e. The fourth-order valence-electron chi connectivity index (χ4n) is 2.85. The molecule has 8 nitrogen and oxygen atoms in total. The predicted octanol–water partition coefficient (Wildman–Crippen LogP) is 1.12. The fraction of sp³-hybridized carbons (Fsp3) is 0.333. The molecule has 1 fully saturated rings. The Morgan fingerprint density at radius 2 is 2.33 bits per heavy atom. The zero-order valence-corrected chi connectivity index (χ0v) is 14.3. The van der Waals surface area contributed by atoms with Crippen molar-refractivity contribution in [3.8, 4) is 6.07 Å². The minimum atomic E-state index is -0.569. The zero-order chi connectivity index (χ0) is 17.3. The Morgan fingerprint density at radius 1 is 1.54 bits per heavy atom. The number of aromatic nitrogens is 2. The highest BCUT2D eigenvalue weighted by Gasteiger charge is 2.27. The maximum atomic E-state index is 11.8. The largest absolute Gasteiger partial charge is 0.378 e. The normalized spacial score (nSPS) is 17.0. The summed E-state index contributed by atoms with van der Waals surface area (Å²) in [5.74, 6) is -0.748. The Hall–Kier alpha value is -2.60. The maximum Gasteiger partial charge on any atom is 0.252 e. The highest BCUT2D eigenvalue weighted by molar-refractivity contribution is 9.10. The van der Waals surface area contributed by atoms with Crippen LogP contribution in [0.2, 0.25) is 0 Å². The van der Waals surface area contributed by atoms with Gasteiger partial charge in [0.25, 0.3) is 5.91 Å². The first-order chi connectivity index (χ1) is 11.5. The van der Waals surface area contributed by atoms with Crippen molar-refractivity contribution in [3.63, 3.8) is 0 Å². The third-order valence-electron chi connectivity index (χ3n) is 3.99. The van der Waals surface area contributed by atoms with Crippen LogP contribution in [0.1, 0.15) is 23.2 Å². The summed E-state index contributed by atoms with van der Waals surface area (Å²) in [7, 11) is 0. The molecule has 24 heavy (non-hydrogen) atoms. The van der Waals surface area contributed by atoms with E-state index in [1.165, 1.54) is 6.20 Å². The zero-order valence-electron chi connectivity index (χ0n) is 12.7. The number of primary amides is 1. The fourth-order valence-corrected chi connectivity index (χ4v) is 3.26. The second-order valence-corrected chi connectivity index (χ2v) is 6.51. The standard InChI is InChI=1S/C15H15BrN6O2/c16-9-5-12-14(11(15(18)24)6-19-22(12)7-9)20-10-2-4-21(8-10)13(23)1-3-17/h5-7,10,20H,1-2,4,8H2,(H2,18,24)/t10-/m0/s1. The first kappa shape index (κ1) is 16.3. The van der Waals surface area contributed by atoms with Crippen molar-refractivity contribution in [1.82, 2.24) is 14.5 Å². The molecule has 1 atom stereocenters. The van der Waals surface area contributed by atoms with Crippen molar-refractivity contribution < 1.29 is 9.59 Å². The van der Waals surface area contributed by atoms with Gasteiger partial charge >= 0.3 is 0 Å². The van der Waals surface area contributed by atoms with Gasteiger partial charge in [-0.15, -0.1) is 0 Å². The van der Waals surface area contributed by atoms with Gasteiger partial charge in [0.1, 0.15) is 6.42 Å². The second-order valence-electron chi connectivity index (χ2n) is 5.59. The molecule has 0 saturated carbocycles. The quantitative estimate of drug-likeness (QED) is 0.810. The molecule has 0 bridgehead atoms. The van der Waals surface area contributed by atoms with Crippen molar-refractivity contribution in [3.05, 3.63) is 28.5 Å². The minimum absolute atomic E-state index is 0.0226. The first-order valence-electron chi connectivity index (χ1n) is 7.37. The van der Waals surface area contributed by atoms with E-state index >= 15 is 0 Å². The molecular weight excluding hydrogens is 376 g/mol. The molecule has 0 spiro atoms. The van der Waals surface area contributed by atoms with Crippen molar-refractivity contribution in [1.29, 1.82) is 5.26 Å². The van der Waals surface area contributed by atoms with Crippen molar-refractivity contribution in [2.24, 2.45) is 5.73 Å². The number of amides is 2. The number of nitrogens with zero attached hydrogens (tertiary/aromatic N) is 4. The summed E-state index contributed by atoms with van der Waals surface area (Å²) in [6, 6.07) is 3.69. The summed E-state index contributed by atoms with van der Waals surface area (Å²) in [5, 5.41) is 16.1. The number of carbonyl (C=O) groups excluding carboxylic acids is 2. The van der Waals surface area contributed by atoms with Gasteiger partial charge in [-0.05, 0) is 28.4 Å². The van der Waals surface area contributed by atoms with E-state index in [0.29, 0.717) is 24.3 Å². The number of carbonyl (C=O) groups is 2. The molecule has 1 aliphatic rings. The Morgan fingerprint density at radius 3 is 3.04 bits per heavy atom. The van der Waals surface area contributed by atoms with Crippen LogP contribution in [0.15, 0.2) is 22.9 Å². The van der Waals surface area contributed by atoms with Crippen LogP contribution < -0.4 is 11.1 Å². The molecule has 3 rings (SSSR count). The van der Waals surface area contributed by atoms with E-state index in [1.54, 1.807) is 15.6 Å². The summed E-state index contributed by atoms with van der Waals surface area (Å²) in [6.45, 7) is 1.06. The third-order valence-corrected chi connectivity index (χ3v) is 4.42. The van der Waals surface area contributed by atoms with Gasteiger partial charge in [0.05, 0.1) is 29.0 Å². The Bertz CT molecular complexity index is 856. The van der Waals surface area contributed by atoms with Gasteiger partial charge in [0.15, 0.2) is 0 Å². The smallest absolute Gasteiger partial charge is 0.252 e. The Balaban J connectivity index is 1.87. The molecule has 2 aromatic heterocycles. The number of nitrogens with one attached hydrogen (secondary N) is 1. The Labute approximate surface area is 146 Å². The van der Waals surface area contributed by atoms with Gasteiger partial charge in [0.2, 0.25) is 5.91 Å². The van der Waals surface area contributed by atoms with Crippen molar-refractivity contribution >= 4 is 38.9 Å². The lowest BCUT2D eigenvalue weighted by Crippen LogP contribution is -2.31. The first-order valence-corrected chi connectivity index (χ1v) is 8.17. The molecule has 1 saturated heterocycles. The average molecular weight is 391 g/mol. The van der Waals surface area contributed by atoms with E-state index in [0.717, 1.165) is 16.4 Å². The Kier molecular flexibility index (Phi) is 4.40. The molecule has 0 unspecified atom stereocenters. The number of hydrogen-bond donors (Lipinski definition) is 2. The van der Waals surface area contributed by atoms with E-state index in [1.807, 2.05) is 12.1 Å². The van der Waals surface area contributed by atoms with Crippen LogP contribution >= 0.6 is 15.9 Å². The average Bonchev–Trinajstić information content (AvgIpc) is 3.13. The molecule has 3 heterocycles. The van der Waals surface area contributed by atoms with E-state index < -0.39 is 5.91 Å². The lowest BCUT2D eigenvalue weighted by molar-refractivity contribution is -0.129. The second kappa shape index (κ2) is 6.49. The number of fused-ring (bicyclic) bond motifs is 1. The monoisotopic (exact) mass is 390 g/mol. The van der Waals surface area contributed by atoms with Crippen LogP contribution in [0.3, 0.4) is 0 Å².